The average molecular weight is 467 g/mol. The quantitative estimate of drug-likeness (QED) is 0.238. The van der Waals surface area contributed by atoms with Gasteiger partial charge in [-0.2, -0.15) is 0 Å². The fraction of sp³-hybridized carbons (Fsp3) is 0.0625. The number of aromatic nitrogens is 1. The number of rotatable bonds is 1. The molecule has 8 rings (SSSR count). The predicted molar refractivity (Wildman–Crippen MR) is 149 cm³/mol. The summed E-state index contributed by atoms with van der Waals surface area (Å²) >= 11 is 1.88. The number of aryl methyl sites for hydroxylation is 2. The highest BCUT2D eigenvalue weighted by molar-refractivity contribution is 7.99. The lowest BCUT2D eigenvalue weighted by Crippen LogP contribution is -2.15. The highest BCUT2D eigenvalue weighted by Crippen LogP contribution is 2.53. The molecule has 0 amide bonds. The average Bonchev–Trinajstić information content (AvgIpc) is 3.38. The standard InChI is InChI=1S/C32H22N2S/c1-19-11-13-28-30(15-19)35-31-16-20(2)12-14-29(31)33(28)21-17-24-22-7-3-5-9-26(22)34-27-10-6-4-8-23(27)25(18-21)32(24)34/h3-18H,1-2H3. The van der Waals surface area contributed by atoms with Crippen molar-refractivity contribution in [2.45, 2.75) is 23.6 Å². The Morgan fingerprint density at radius 3 is 1.60 bits per heavy atom. The van der Waals surface area contributed by atoms with Gasteiger partial charge in [-0.3, -0.25) is 0 Å². The van der Waals surface area contributed by atoms with Crippen molar-refractivity contribution in [2.24, 2.45) is 0 Å². The predicted octanol–water partition coefficient (Wildman–Crippen LogP) is 9.39. The molecule has 0 N–H and O–H groups in total. The van der Waals surface area contributed by atoms with Gasteiger partial charge in [0, 0.05) is 37.0 Å². The molecule has 3 heteroatoms. The van der Waals surface area contributed by atoms with Gasteiger partial charge in [-0.05, 0) is 73.5 Å². The van der Waals surface area contributed by atoms with Crippen molar-refractivity contribution in [3.05, 3.63) is 108 Å². The third kappa shape index (κ3) is 2.56. The first-order valence-electron chi connectivity index (χ1n) is 12.0. The Kier molecular flexibility index (Phi) is 3.76. The molecule has 0 aliphatic carbocycles. The van der Waals surface area contributed by atoms with Gasteiger partial charge < -0.3 is 9.30 Å². The molecule has 0 spiro atoms. The summed E-state index contributed by atoms with van der Waals surface area (Å²) in [7, 11) is 0. The van der Waals surface area contributed by atoms with E-state index in [1.807, 2.05) is 11.8 Å². The highest BCUT2D eigenvalue weighted by atomic mass is 32.2. The fourth-order valence-electron chi connectivity index (χ4n) is 5.87. The number of nitrogens with zero attached hydrogens (tertiary/aromatic N) is 2. The largest absolute Gasteiger partial charge is 0.308 e. The van der Waals surface area contributed by atoms with Crippen LogP contribution in [0.25, 0.3) is 38.1 Å². The van der Waals surface area contributed by atoms with Gasteiger partial charge in [0.1, 0.15) is 0 Å². The zero-order valence-corrected chi connectivity index (χ0v) is 20.4. The smallest absolute Gasteiger partial charge is 0.0622 e. The molecule has 1 aliphatic heterocycles. The minimum atomic E-state index is 1.21. The van der Waals surface area contributed by atoms with Gasteiger partial charge in [0.2, 0.25) is 0 Å². The Hall–Kier alpha value is -3.95. The van der Waals surface area contributed by atoms with Crippen LogP contribution in [0.5, 0.6) is 0 Å². The minimum Gasteiger partial charge on any atom is -0.308 e. The number of para-hydroxylation sites is 2. The summed E-state index contributed by atoms with van der Waals surface area (Å²) in [6, 6.07) is 36.0. The molecule has 2 aromatic heterocycles. The summed E-state index contributed by atoms with van der Waals surface area (Å²) in [6.45, 7) is 4.35. The maximum Gasteiger partial charge on any atom is 0.0622 e. The second kappa shape index (κ2) is 6.80. The summed E-state index contributed by atoms with van der Waals surface area (Å²) in [5, 5.41) is 5.23. The molecule has 0 saturated heterocycles. The molecule has 0 unspecified atom stereocenters. The van der Waals surface area contributed by atoms with Crippen molar-refractivity contribution < 1.29 is 0 Å². The molecule has 1 aliphatic rings. The molecular formula is C32H22N2S. The van der Waals surface area contributed by atoms with Crippen LogP contribution < -0.4 is 4.90 Å². The molecule has 7 aromatic rings. The van der Waals surface area contributed by atoms with E-state index in [0.29, 0.717) is 0 Å². The van der Waals surface area contributed by atoms with Crippen molar-refractivity contribution in [2.75, 3.05) is 4.90 Å². The number of hydrogen-bond acceptors (Lipinski definition) is 2. The van der Waals surface area contributed by atoms with E-state index in [1.54, 1.807) is 0 Å². The molecular weight excluding hydrogens is 444 g/mol. The van der Waals surface area contributed by atoms with Crippen LogP contribution in [-0.4, -0.2) is 4.40 Å². The van der Waals surface area contributed by atoms with Gasteiger partial charge in [0.15, 0.2) is 0 Å². The van der Waals surface area contributed by atoms with Crippen molar-refractivity contribution in [3.63, 3.8) is 0 Å². The van der Waals surface area contributed by atoms with Crippen LogP contribution in [0.2, 0.25) is 0 Å². The summed E-state index contributed by atoms with van der Waals surface area (Å²) in [5.41, 5.74) is 10.1. The van der Waals surface area contributed by atoms with E-state index in [4.69, 9.17) is 0 Å². The van der Waals surface area contributed by atoms with Crippen LogP contribution in [0.1, 0.15) is 11.1 Å². The second-order valence-corrected chi connectivity index (χ2v) is 10.7. The fourth-order valence-corrected chi connectivity index (χ4v) is 7.12. The molecule has 0 atom stereocenters. The third-order valence-electron chi connectivity index (χ3n) is 7.38. The third-order valence-corrected chi connectivity index (χ3v) is 8.47. The van der Waals surface area contributed by atoms with Gasteiger partial charge in [-0.25, -0.2) is 0 Å². The number of benzene rings is 5. The summed E-state index contributed by atoms with van der Waals surface area (Å²) < 4.78 is 2.44. The molecule has 0 fully saturated rings. The van der Waals surface area contributed by atoms with Gasteiger partial charge in [0.25, 0.3) is 0 Å². The van der Waals surface area contributed by atoms with E-state index < -0.39 is 0 Å². The molecule has 2 nitrogen and oxygen atoms in total. The monoisotopic (exact) mass is 466 g/mol. The number of hydrogen-bond donors (Lipinski definition) is 0. The Morgan fingerprint density at radius 2 is 1.06 bits per heavy atom. The Bertz CT molecular complexity index is 1830. The topological polar surface area (TPSA) is 7.65 Å². The lowest BCUT2D eigenvalue weighted by molar-refractivity contribution is 1.15. The summed E-state index contributed by atoms with van der Waals surface area (Å²) in [4.78, 5) is 5.08. The Morgan fingerprint density at radius 1 is 0.543 bits per heavy atom. The first kappa shape index (κ1) is 19.4. The molecule has 0 saturated carbocycles. The van der Waals surface area contributed by atoms with Crippen LogP contribution in [0.3, 0.4) is 0 Å². The Balaban J connectivity index is 1.52. The Labute approximate surface area is 207 Å². The van der Waals surface area contributed by atoms with Crippen molar-refractivity contribution in [1.29, 1.82) is 0 Å². The minimum absolute atomic E-state index is 1.21. The highest BCUT2D eigenvalue weighted by Gasteiger charge is 2.27. The van der Waals surface area contributed by atoms with Gasteiger partial charge in [-0.1, -0.05) is 60.3 Å². The van der Waals surface area contributed by atoms with E-state index in [-0.39, 0.29) is 0 Å². The first-order chi connectivity index (χ1) is 17.2. The molecule has 0 bridgehead atoms. The molecule has 0 radical (unpaired) electrons. The van der Waals surface area contributed by atoms with Crippen molar-refractivity contribution >= 4 is 66.9 Å². The molecule has 35 heavy (non-hydrogen) atoms. The van der Waals surface area contributed by atoms with E-state index in [0.717, 1.165) is 0 Å². The maximum absolute atomic E-state index is 2.46. The summed E-state index contributed by atoms with van der Waals surface area (Å²) in [5.74, 6) is 0. The zero-order valence-electron chi connectivity index (χ0n) is 19.5. The van der Waals surface area contributed by atoms with Crippen LogP contribution in [-0.2, 0) is 0 Å². The normalized spacial score (nSPS) is 13.3. The first-order valence-corrected chi connectivity index (χ1v) is 12.9. The van der Waals surface area contributed by atoms with E-state index in [9.17, 15) is 0 Å². The number of fused-ring (bicyclic) bond motifs is 8. The second-order valence-electron chi connectivity index (χ2n) is 9.64. The van der Waals surface area contributed by atoms with Gasteiger partial charge >= 0.3 is 0 Å². The zero-order chi connectivity index (χ0) is 23.3. The SMILES string of the molecule is Cc1ccc2c(c1)Sc1cc(C)ccc1N2c1cc2c3ccccc3n3c4ccccc4c(c1)c23. The van der Waals surface area contributed by atoms with Crippen LogP contribution in [0, 0.1) is 13.8 Å². The van der Waals surface area contributed by atoms with Gasteiger partial charge in [0.05, 0.1) is 27.9 Å². The maximum atomic E-state index is 2.46. The lowest BCUT2D eigenvalue weighted by atomic mass is 10.0. The van der Waals surface area contributed by atoms with E-state index in [1.165, 1.54) is 76.1 Å². The molecule has 3 heterocycles. The molecule has 5 aromatic carbocycles. The van der Waals surface area contributed by atoms with E-state index >= 15 is 0 Å². The van der Waals surface area contributed by atoms with Crippen molar-refractivity contribution in [3.8, 4) is 0 Å². The van der Waals surface area contributed by atoms with Gasteiger partial charge in [-0.15, -0.1) is 0 Å². The van der Waals surface area contributed by atoms with Crippen LogP contribution in [0.15, 0.2) is 107 Å². The van der Waals surface area contributed by atoms with E-state index in [2.05, 4.69) is 120 Å². The van der Waals surface area contributed by atoms with Crippen molar-refractivity contribution in [1.82, 2.24) is 4.40 Å². The number of anilines is 3. The van der Waals surface area contributed by atoms with Crippen LogP contribution in [0.4, 0.5) is 17.1 Å². The molecule has 166 valence electrons. The summed E-state index contributed by atoms with van der Waals surface area (Å²) in [6.07, 6.45) is 0. The van der Waals surface area contributed by atoms with Crippen LogP contribution >= 0.6 is 11.8 Å². The lowest BCUT2D eigenvalue weighted by Gasteiger charge is -2.33.